The van der Waals surface area contributed by atoms with Crippen LogP contribution in [-0.2, 0) is 11.3 Å². The van der Waals surface area contributed by atoms with Crippen molar-refractivity contribution >= 4 is 52.5 Å². The second-order valence-electron chi connectivity index (χ2n) is 6.73. The summed E-state index contributed by atoms with van der Waals surface area (Å²) in [6, 6.07) is 13.4. The molecule has 0 spiro atoms. The Bertz CT molecular complexity index is 1140. The van der Waals surface area contributed by atoms with Gasteiger partial charge in [-0.1, -0.05) is 65.3 Å². The summed E-state index contributed by atoms with van der Waals surface area (Å²) in [4.78, 5) is 24.9. The van der Waals surface area contributed by atoms with Crippen molar-refractivity contribution in [3.8, 4) is 0 Å². The molecule has 0 aliphatic heterocycles. The molecule has 2 aromatic carbocycles. The minimum Gasteiger partial charge on any atom is -0.342 e. The molecule has 0 fully saturated rings. The summed E-state index contributed by atoms with van der Waals surface area (Å²) in [6.07, 6.45) is 1.70. The van der Waals surface area contributed by atoms with Crippen molar-refractivity contribution in [3.05, 3.63) is 82.6 Å². The lowest BCUT2D eigenvalue weighted by Crippen LogP contribution is -2.29. The SMILES string of the molecule is C=CCn1c(SCC(=O)Nc2ccccc2Cl)nnc1[C@H](C)NC(=O)c1ccccc1Cl. The highest BCUT2D eigenvalue weighted by Crippen LogP contribution is 2.24. The Morgan fingerprint density at radius 2 is 1.81 bits per heavy atom. The van der Waals surface area contributed by atoms with E-state index in [1.54, 1.807) is 66.1 Å². The average molecular weight is 490 g/mol. The third kappa shape index (κ3) is 5.91. The van der Waals surface area contributed by atoms with Crippen molar-refractivity contribution in [1.82, 2.24) is 20.1 Å². The van der Waals surface area contributed by atoms with Gasteiger partial charge in [0.05, 0.1) is 33.1 Å². The number of nitrogens with one attached hydrogen (secondary N) is 2. The van der Waals surface area contributed by atoms with Gasteiger partial charge in [-0.2, -0.15) is 0 Å². The van der Waals surface area contributed by atoms with Crippen molar-refractivity contribution in [2.24, 2.45) is 0 Å². The molecule has 10 heteroatoms. The van der Waals surface area contributed by atoms with Crippen molar-refractivity contribution in [1.29, 1.82) is 0 Å². The first-order chi connectivity index (χ1) is 15.4. The van der Waals surface area contributed by atoms with Crippen LogP contribution in [0, 0.1) is 0 Å². The van der Waals surface area contributed by atoms with E-state index in [2.05, 4.69) is 27.4 Å². The number of rotatable bonds is 9. The van der Waals surface area contributed by atoms with Gasteiger partial charge in [0.2, 0.25) is 5.91 Å². The molecule has 0 bridgehead atoms. The lowest BCUT2D eigenvalue weighted by atomic mass is 10.2. The molecule has 3 rings (SSSR count). The van der Waals surface area contributed by atoms with Crippen LogP contribution in [0.4, 0.5) is 5.69 Å². The van der Waals surface area contributed by atoms with Crippen LogP contribution in [0.5, 0.6) is 0 Å². The lowest BCUT2D eigenvalue weighted by Gasteiger charge is -2.15. The summed E-state index contributed by atoms with van der Waals surface area (Å²) in [7, 11) is 0. The van der Waals surface area contributed by atoms with Gasteiger partial charge in [0.1, 0.15) is 0 Å². The first kappa shape index (κ1) is 23.8. The maximum Gasteiger partial charge on any atom is 0.253 e. The Morgan fingerprint density at radius 3 is 2.50 bits per heavy atom. The zero-order valence-corrected chi connectivity index (χ0v) is 19.5. The van der Waals surface area contributed by atoms with Gasteiger partial charge in [0, 0.05) is 6.54 Å². The van der Waals surface area contributed by atoms with Crippen LogP contribution >= 0.6 is 35.0 Å². The van der Waals surface area contributed by atoms with Crippen LogP contribution in [0.3, 0.4) is 0 Å². The van der Waals surface area contributed by atoms with E-state index < -0.39 is 6.04 Å². The van der Waals surface area contributed by atoms with Crippen molar-refractivity contribution < 1.29 is 9.59 Å². The summed E-state index contributed by atoms with van der Waals surface area (Å²) in [5.74, 6) is 0.114. The molecule has 0 saturated heterocycles. The van der Waals surface area contributed by atoms with Crippen LogP contribution in [0.25, 0.3) is 0 Å². The van der Waals surface area contributed by atoms with Gasteiger partial charge >= 0.3 is 0 Å². The fourth-order valence-corrected chi connectivity index (χ4v) is 4.05. The van der Waals surface area contributed by atoms with E-state index in [0.717, 1.165) is 0 Å². The first-order valence-electron chi connectivity index (χ1n) is 9.67. The van der Waals surface area contributed by atoms with E-state index in [1.165, 1.54) is 11.8 Å². The van der Waals surface area contributed by atoms with Gasteiger partial charge in [0.25, 0.3) is 5.91 Å². The lowest BCUT2D eigenvalue weighted by molar-refractivity contribution is -0.113. The molecule has 32 heavy (non-hydrogen) atoms. The highest BCUT2D eigenvalue weighted by atomic mass is 35.5. The maximum atomic E-state index is 12.6. The molecule has 0 radical (unpaired) electrons. The largest absolute Gasteiger partial charge is 0.342 e. The Labute approximate surface area is 200 Å². The minimum absolute atomic E-state index is 0.112. The van der Waals surface area contributed by atoms with Crippen molar-refractivity contribution in [2.45, 2.75) is 24.7 Å². The standard InChI is InChI=1S/C22H21Cl2N5O2S/c1-3-12-29-20(14(2)25-21(31)15-8-4-5-9-16(15)23)27-28-22(29)32-13-19(30)26-18-11-7-6-10-17(18)24/h3-11,14H,1,12-13H2,2H3,(H,25,31)(H,26,30)/t14-/m0/s1. The summed E-state index contributed by atoms with van der Waals surface area (Å²) >= 11 is 13.4. The molecule has 2 amide bonds. The predicted octanol–water partition coefficient (Wildman–Crippen LogP) is 4.99. The molecule has 0 aliphatic carbocycles. The number of carbonyl (C=O) groups excluding carboxylic acids is 2. The molecule has 7 nitrogen and oxygen atoms in total. The van der Waals surface area contributed by atoms with Crippen molar-refractivity contribution in [2.75, 3.05) is 11.1 Å². The monoisotopic (exact) mass is 489 g/mol. The maximum absolute atomic E-state index is 12.6. The molecule has 166 valence electrons. The highest BCUT2D eigenvalue weighted by Gasteiger charge is 2.21. The second-order valence-corrected chi connectivity index (χ2v) is 8.49. The van der Waals surface area contributed by atoms with Crippen LogP contribution < -0.4 is 10.6 Å². The molecule has 0 unspecified atom stereocenters. The number of carbonyl (C=O) groups is 2. The third-order valence-corrected chi connectivity index (χ3v) is 6.02. The number of hydrogen-bond acceptors (Lipinski definition) is 5. The molecular weight excluding hydrogens is 469 g/mol. The fraction of sp³-hybridized carbons (Fsp3) is 0.182. The van der Waals surface area contributed by atoms with E-state index in [9.17, 15) is 9.59 Å². The number of thioether (sulfide) groups is 1. The minimum atomic E-state index is -0.447. The number of para-hydroxylation sites is 1. The quantitative estimate of drug-likeness (QED) is 0.326. The number of hydrogen-bond donors (Lipinski definition) is 2. The molecule has 1 heterocycles. The molecule has 1 aromatic heterocycles. The zero-order valence-electron chi connectivity index (χ0n) is 17.2. The predicted molar refractivity (Wildman–Crippen MR) is 128 cm³/mol. The fourth-order valence-electron chi connectivity index (χ4n) is 2.89. The Kier molecular flexibility index (Phi) is 8.33. The van der Waals surface area contributed by atoms with Gasteiger partial charge in [-0.25, -0.2) is 0 Å². The summed E-state index contributed by atoms with van der Waals surface area (Å²) in [5.41, 5.74) is 0.922. The van der Waals surface area contributed by atoms with E-state index in [0.29, 0.717) is 38.8 Å². The second kappa shape index (κ2) is 11.2. The van der Waals surface area contributed by atoms with Gasteiger partial charge < -0.3 is 15.2 Å². The van der Waals surface area contributed by atoms with Gasteiger partial charge in [-0.05, 0) is 31.2 Å². The van der Waals surface area contributed by atoms with Crippen LogP contribution in [0.2, 0.25) is 10.0 Å². The number of allylic oxidation sites excluding steroid dienone is 1. The number of nitrogens with zero attached hydrogens (tertiary/aromatic N) is 3. The number of amides is 2. The Morgan fingerprint density at radius 1 is 1.12 bits per heavy atom. The van der Waals surface area contributed by atoms with E-state index in [-0.39, 0.29) is 17.6 Å². The average Bonchev–Trinajstić information content (AvgIpc) is 3.17. The molecule has 1 atom stereocenters. The number of benzene rings is 2. The first-order valence-corrected chi connectivity index (χ1v) is 11.4. The normalized spacial score (nSPS) is 11.6. The van der Waals surface area contributed by atoms with Gasteiger partial charge in [0.15, 0.2) is 11.0 Å². The Hall–Kier alpha value is -2.81. The van der Waals surface area contributed by atoms with E-state index >= 15 is 0 Å². The van der Waals surface area contributed by atoms with Gasteiger partial charge in [-0.15, -0.1) is 16.8 Å². The summed E-state index contributed by atoms with van der Waals surface area (Å²) in [5, 5.41) is 15.4. The topological polar surface area (TPSA) is 88.9 Å². The van der Waals surface area contributed by atoms with Crippen LogP contribution in [0.15, 0.2) is 66.3 Å². The summed E-state index contributed by atoms with van der Waals surface area (Å²) in [6.45, 7) is 6.00. The molecule has 3 aromatic rings. The summed E-state index contributed by atoms with van der Waals surface area (Å²) < 4.78 is 1.80. The van der Waals surface area contributed by atoms with E-state index in [4.69, 9.17) is 23.2 Å². The Balaban J connectivity index is 1.68. The van der Waals surface area contributed by atoms with Crippen LogP contribution in [-0.4, -0.2) is 32.3 Å². The molecule has 2 N–H and O–H groups in total. The van der Waals surface area contributed by atoms with Crippen molar-refractivity contribution in [3.63, 3.8) is 0 Å². The number of aromatic nitrogens is 3. The molecule has 0 saturated carbocycles. The highest BCUT2D eigenvalue weighted by molar-refractivity contribution is 7.99. The number of halogens is 2. The number of anilines is 1. The van der Waals surface area contributed by atoms with E-state index in [1.807, 2.05) is 0 Å². The zero-order chi connectivity index (χ0) is 23.1. The van der Waals surface area contributed by atoms with Crippen LogP contribution in [0.1, 0.15) is 29.1 Å². The third-order valence-electron chi connectivity index (χ3n) is 4.39. The van der Waals surface area contributed by atoms with Gasteiger partial charge in [-0.3, -0.25) is 9.59 Å². The smallest absolute Gasteiger partial charge is 0.253 e. The molecule has 0 aliphatic rings. The molecular formula is C22H21Cl2N5O2S.